The number of aromatic nitrogens is 3. The average molecular weight is 247 g/mol. The number of aliphatic hydroxyl groups excluding tert-OH is 1. The maximum Gasteiger partial charge on any atom is 0.232 e. The summed E-state index contributed by atoms with van der Waals surface area (Å²) in [5.41, 5.74) is 0.855. The van der Waals surface area contributed by atoms with Crippen molar-refractivity contribution in [2.75, 3.05) is 0 Å². The summed E-state index contributed by atoms with van der Waals surface area (Å²) in [6.45, 7) is 5.78. The minimum Gasteiger partial charge on any atom is -0.393 e. The van der Waals surface area contributed by atoms with Crippen LogP contribution in [0.3, 0.4) is 0 Å². The molecular weight excluding hydrogens is 230 g/mol. The number of rotatable bonds is 4. The number of hydrogen-bond donors (Lipinski definition) is 1. The topological polar surface area (TPSA) is 72.0 Å². The quantitative estimate of drug-likeness (QED) is 0.897. The van der Waals surface area contributed by atoms with Crippen LogP contribution in [0.15, 0.2) is 29.0 Å². The van der Waals surface area contributed by atoms with Crippen LogP contribution in [0.5, 0.6) is 0 Å². The Balaban J connectivity index is 2.30. The van der Waals surface area contributed by atoms with Gasteiger partial charge >= 0.3 is 0 Å². The number of pyridine rings is 1. The zero-order valence-electron chi connectivity index (χ0n) is 10.7. The smallest absolute Gasteiger partial charge is 0.232 e. The van der Waals surface area contributed by atoms with Gasteiger partial charge < -0.3 is 9.63 Å². The summed E-state index contributed by atoms with van der Waals surface area (Å²) in [7, 11) is 0. The van der Waals surface area contributed by atoms with E-state index in [1.807, 2.05) is 26.0 Å². The Kier molecular flexibility index (Phi) is 3.72. The van der Waals surface area contributed by atoms with Gasteiger partial charge in [-0.05, 0) is 25.0 Å². The Hall–Kier alpha value is -1.75. The molecule has 0 aromatic carbocycles. The fraction of sp³-hybridized carbons (Fsp3) is 0.462. The van der Waals surface area contributed by atoms with Crippen molar-refractivity contribution in [2.45, 2.75) is 32.8 Å². The molecule has 0 aliphatic rings. The summed E-state index contributed by atoms with van der Waals surface area (Å²) in [5, 5.41) is 13.7. The van der Waals surface area contributed by atoms with Gasteiger partial charge in [0.25, 0.3) is 0 Å². The molecule has 0 bridgehead atoms. The molecule has 2 atom stereocenters. The Morgan fingerprint density at radius 2 is 1.83 bits per heavy atom. The molecule has 0 spiro atoms. The highest BCUT2D eigenvalue weighted by Gasteiger charge is 2.27. The molecule has 2 heterocycles. The fourth-order valence-corrected chi connectivity index (χ4v) is 2.04. The molecule has 0 saturated carbocycles. The van der Waals surface area contributed by atoms with Gasteiger partial charge in [0.15, 0.2) is 0 Å². The van der Waals surface area contributed by atoms with Crippen molar-refractivity contribution < 1.29 is 9.63 Å². The SMILES string of the molecule is CC(C)C(c1nc(-c2ccncc2)no1)C(C)O. The van der Waals surface area contributed by atoms with Gasteiger partial charge in [0.2, 0.25) is 11.7 Å². The van der Waals surface area contributed by atoms with E-state index in [0.29, 0.717) is 11.7 Å². The third kappa shape index (κ3) is 2.56. The van der Waals surface area contributed by atoms with Gasteiger partial charge in [-0.2, -0.15) is 4.98 Å². The summed E-state index contributed by atoms with van der Waals surface area (Å²) < 4.78 is 5.26. The van der Waals surface area contributed by atoms with E-state index in [1.54, 1.807) is 19.3 Å². The first-order valence-corrected chi connectivity index (χ1v) is 6.01. The van der Waals surface area contributed by atoms with E-state index in [9.17, 15) is 5.11 Å². The van der Waals surface area contributed by atoms with Gasteiger partial charge in [-0.1, -0.05) is 19.0 Å². The van der Waals surface area contributed by atoms with E-state index in [1.165, 1.54) is 0 Å². The molecule has 18 heavy (non-hydrogen) atoms. The predicted molar refractivity (Wildman–Crippen MR) is 66.8 cm³/mol. The van der Waals surface area contributed by atoms with Crippen LogP contribution in [0.4, 0.5) is 0 Å². The van der Waals surface area contributed by atoms with Gasteiger partial charge in [0.1, 0.15) is 0 Å². The first-order valence-electron chi connectivity index (χ1n) is 6.01. The van der Waals surface area contributed by atoms with Crippen LogP contribution in [-0.2, 0) is 0 Å². The van der Waals surface area contributed by atoms with Crippen LogP contribution >= 0.6 is 0 Å². The normalized spacial score (nSPS) is 14.7. The fourth-order valence-electron chi connectivity index (χ4n) is 2.04. The van der Waals surface area contributed by atoms with Crippen molar-refractivity contribution in [3.8, 4) is 11.4 Å². The van der Waals surface area contributed by atoms with Gasteiger partial charge in [0, 0.05) is 18.0 Å². The lowest BCUT2D eigenvalue weighted by molar-refractivity contribution is 0.120. The number of nitrogens with zero attached hydrogens (tertiary/aromatic N) is 3. The summed E-state index contributed by atoms with van der Waals surface area (Å²) in [6.07, 6.45) is 2.84. The van der Waals surface area contributed by atoms with Gasteiger partial charge in [-0.15, -0.1) is 0 Å². The Morgan fingerprint density at radius 3 is 2.39 bits per heavy atom. The van der Waals surface area contributed by atoms with Crippen molar-refractivity contribution in [1.29, 1.82) is 0 Å². The lowest BCUT2D eigenvalue weighted by Gasteiger charge is -2.19. The molecule has 5 nitrogen and oxygen atoms in total. The second-order valence-electron chi connectivity index (χ2n) is 4.70. The lowest BCUT2D eigenvalue weighted by Crippen LogP contribution is -2.20. The van der Waals surface area contributed by atoms with Crippen molar-refractivity contribution in [3.05, 3.63) is 30.4 Å². The van der Waals surface area contributed by atoms with Gasteiger partial charge in [0.05, 0.1) is 12.0 Å². The molecule has 2 rings (SSSR count). The van der Waals surface area contributed by atoms with E-state index < -0.39 is 6.10 Å². The molecule has 2 aromatic rings. The van der Waals surface area contributed by atoms with E-state index in [0.717, 1.165) is 5.56 Å². The van der Waals surface area contributed by atoms with E-state index in [4.69, 9.17) is 4.52 Å². The zero-order valence-corrected chi connectivity index (χ0v) is 10.7. The Bertz CT molecular complexity index is 486. The minimum atomic E-state index is -0.518. The number of hydrogen-bond acceptors (Lipinski definition) is 5. The second-order valence-corrected chi connectivity index (χ2v) is 4.70. The maximum absolute atomic E-state index is 9.78. The average Bonchev–Trinajstić information content (AvgIpc) is 2.78. The molecule has 2 aromatic heterocycles. The highest BCUT2D eigenvalue weighted by atomic mass is 16.5. The van der Waals surface area contributed by atoms with E-state index >= 15 is 0 Å². The van der Waals surface area contributed by atoms with Crippen molar-refractivity contribution >= 4 is 0 Å². The second kappa shape index (κ2) is 5.27. The molecule has 0 aliphatic heterocycles. The minimum absolute atomic E-state index is 0.145. The molecule has 0 amide bonds. The summed E-state index contributed by atoms with van der Waals surface area (Å²) in [4.78, 5) is 8.30. The third-order valence-electron chi connectivity index (χ3n) is 2.90. The van der Waals surface area contributed by atoms with Crippen LogP contribution in [-0.4, -0.2) is 26.3 Å². The van der Waals surface area contributed by atoms with Crippen molar-refractivity contribution in [2.24, 2.45) is 5.92 Å². The van der Waals surface area contributed by atoms with E-state index in [-0.39, 0.29) is 11.8 Å². The molecule has 5 heteroatoms. The third-order valence-corrected chi connectivity index (χ3v) is 2.90. The Labute approximate surface area is 106 Å². The summed E-state index contributed by atoms with van der Waals surface area (Å²) in [5.74, 6) is 1.09. The molecule has 0 radical (unpaired) electrons. The highest BCUT2D eigenvalue weighted by Crippen LogP contribution is 2.28. The predicted octanol–water partition coefficient (Wildman–Crippen LogP) is 2.25. The monoisotopic (exact) mass is 247 g/mol. The molecule has 1 N–H and O–H groups in total. The van der Waals surface area contributed by atoms with Gasteiger partial charge in [-0.3, -0.25) is 4.98 Å². The highest BCUT2D eigenvalue weighted by molar-refractivity contribution is 5.52. The van der Waals surface area contributed by atoms with Crippen LogP contribution < -0.4 is 0 Å². The molecular formula is C13H17N3O2. The molecule has 2 unspecified atom stereocenters. The van der Waals surface area contributed by atoms with Crippen molar-refractivity contribution in [3.63, 3.8) is 0 Å². The first kappa shape index (κ1) is 12.7. The standard InChI is InChI=1S/C13H17N3O2/c1-8(2)11(9(3)17)13-15-12(16-18-13)10-4-6-14-7-5-10/h4-9,11,17H,1-3H3. The first-order chi connectivity index (χ1) is 8.59. The zero-order chi connectivity index (χ0) is 13.1. The Morgan fingerprint density at radius 1 is 1.17 bits per heavy atom. The van der Waals surface area contributed by atoms with Crippen LogP contribution in [0, 0.1) is 5.92 Å². The molecule has 0 aliphatic carbocycles. The summed E-state index contributed by atoms with van der Waals surface area (Å²) in [6, 6.07) is 3.64. The largest absolute Gasteiger partial charge is 0.393 e. The van der Waals surface area contributed by atoms with Crippen molar-refractivity contribution in [1.82, 2.24) is 15.1 Å². The maximum atomic E-state index is 9.78. The van der Waals surface area contributed by atoms with Gasteiger partial charge in [-0.25, -0.2) is 0 Å². The number of aliphatic hydroxyl groups is 1. The molecule has 0 fully saturated rings. The molecule has 96 valence electrons. The van der Waals surface area contributed by atoms with E-state index in [2.05, 4.69) is 15.1 Å². The van der Waals surface area contributed by atoms with Crippen LogP contribution in [0.1, 0.15) is 32.6 Å². The van der Waals surface area contributed by atoms with Crippen LogP contribution in [0.25, 0.3) is 11.4 Å². The lowest BCUT2D eigenvalue weighted by atomic mass is 9.91. The summed E-state index contributed by atoms with van der Waals surface area (Å²) >= 11 is 0. The molecule has 0 saturated heterocycles. The van der Waals surface area contributed by atoms with Crippen LogP contribution in [0.2, 0.25) is 0 Å².